The molecule has 3 aromatic rings. The minimum absolute atomic E-state index is 0.0868. The largest absolute Gasteiger partial charge is 0.377 e. The lowest BCUT2D eigenvalue weighted by molar-refractivity contribution is -0.684. The molecule has 0 aliphatic rings. The van der Waals surface area contributed by atoms with Crippen molar-refractivity contribution in [2.75, 3.05) is 24.3 Å². The van der Waals surface area contributed by atoms with Crippen molar-refractivity contribution in [1.82, 2.24) is 0 Å². The zero-order valence-electron chi connectivity index (χ0n) is 15.4. The predicted octanol–water partition coefficient (Wildman–Crippen LogP) is 4.09. The Bertz CT molecular complexity index is 904. The molecule has 1 aromatic heterocycles. The van der Waals surface area contributed by atoms with Gasteiger partial charge in [0.2, 0.25) is 6.54 Å². The fourth-order valence-electron chi connectivity index (χ4n) is 2.44. The smallest absolute Gasteiger partial charge is 0.290 e. The van der Waals surface area contributed by atoms with Crippen LogP contribution in [0.25, 0.3) is 0 Å². The average Bonchev–Trinajstić information content (AvgIpc) is 2.68. The van der Waals surface area contributed by atoms with E-state index >= 15 is 0 Å². The van der Waals surface area contributed by atoms with Gasteiger partial charge in [0.05, 0.1) is 11.4 Å². The van der Waals surface area contributed by atoms with Gasteiger partial charge in [-0.2, -0.15) is 14.8 Å². The highest BCUT2D eigenvalue weighted by molar-refractivity contribution is 5.89. The van der Waals surface area contributed by atoms with Gasteiger partial charge in [-0.1, -0.05) is 18.2 Å². The van der Waals surface area contributed by atoms with Crippen molar-refractivity contribution in [2.24, 2.45) is 10.2 Å². The lowest BCUT2D eigenvalue weighted by Gasteiger charge is -2.10. The van der Waals surface area contributed by atoms with Crippen molar-refractivity contribution in [2.45, 2.75) is 6.54 Å². The van der Waals surface area contributed by atoms with Crippen LogP contribution in [0.3, 0.4) is 0 Å². The monoisotopic (exact) mass is 360 g/mol. The minimum atomic E-state index is -0.0868. The van der Waals surface area contributed by atoms with E-state index in [1.165, 1.54) is 0 Å². The number of rotatable bonds is 6. The summed E-state index contributed by atoms with van der Waals surface area (Å²) in [4.78, 5) is 14.2. The van der Waals surface area contributed by atoms with Crippen molar-refractivity contribution >= 4 is 28.7 Å². The molecule has 3 rings (SSSR count). The Kier molecular flexibility index (Phi) is 5.89. The summed E-state index contributed by atoms with van der Waals surface area (Å²) in [6.07, 6.45) is 3.78. The Balaban J connectivity index is 1.56. The second kappa shape index (κ2) is 8.71. The molecule has 27 heavy (non-hydrogen) atoms. The molecule has 6 heteroatoms. The minimum Gasteiger partial charge on any atom is -0.377 e. The van der Waals surface area contributed by atoms with Gasteiger partial charge in [-0.05, 0) is 36.4 Å². The number of hydrogen-bond donors (Lipinski definition) is 1. The Morgan fingerprint density at radius 2 is 1.48 bits per heavy atom. The molecule has 0 radical (unpaired) electrons. The van der Waals surface area contributed by atoms with Gasteiger partial charge >= 0.3 is 0 Å². The third-order valence-corrected chi connectivity index (χ3v) is 3.90. The average molecular weight is 360 g/mol. The fraction of sp³-hybridized carbons (Fsp3) is 0.143. The van der Waals surface area contributed by atoms with Gasteiger partial charge < -0.3 is 10.2 Å². The summed E-state index contributed by atoms with van der Waals surface area (Å²) in [5.41, 5.74) is 3.34. The van der Waals surface area contributed by atoms with Crippen molar-refractivity contribution in [3.05, 3.63) is 79.1 Å². The van der Waals surface area contributed by atoms with Crippen molar-refractivity contribution < 1.29 is 9.36 Å². The summed E-state index contributed by atoms with van der Waals surface area (Å²) < 4.78 is 1.84. The highest BCUT2D eigenvalue weighted by Gasteiger charge is 2.10. The van der Waals surface area contributed by atoms with Gasteiger partial charge in [-0.3, -0.25) is 4.79 Å². The maximum absolute atomic E-state index is 12.2. The Labute approximate surface area is 158 Å². The second-order valence-electron chi connectivity index (χ2n) is 6.25. The summed E-state index contributed by atoms with van der Waals surface area (Å²) in [5, 5.41) is 11.3. The molecule has 1 heterocycles. The number of amides is 1. The number of nitrogens with one attached hydrogen (secondary N) is 1. The molecule has 1 N–H and O–H groups in total. The topological polar surface area (TPSA) is 60.9 Å². The maximum atomic E-state index is 12.2. The standard InChI is InChI=1S/C21H21N5O/c1-25(2)20-12-14-26(15-13-20)16-21(27)22-17-8-10-19(11-9-17)24-23-18-6-4-3-5-7-18/h3-15H,16H2,1-2H3/p+1. The molecule has 0 bridgehead atoms. The van der Waals surface area contributed by atoms with Crippen LogP contribution in [0.15, 0.2) is 89.4 Å². The van der Waals surface area contributed by atoms with Crippen LogP contribution >= 0.6 is 0 Å². The zero-order chi connectivity index (χ0) is 19.1. The second-order valence-corrected chi connectivity index (χ2v) is 6.25. The Hall–Kier alpha value is -3.54. The van der Waals surface area contributed by atoms with E-state index in [0.717, 1.165) is 22.7 Å². The molecule has 0 saturated heterocycles. The normalized spacial score (nSPS) is 10.7. The number of benzene rings is 2. The van der Waals surface area contributed by atoms with Gasteiger partial charge in [-0.15, -0.1) is 0 Å². The molecule has 0 fully saturated rings. The van der Waals surface area contributed by atoms with E-state index < -0.39 is 0 Å². The van der Waals surface area contributed by atoms with Gasteiger partial charge in [0.1, 0.15) is 0 Å². The molecule has 0 spiro atoms. The third-order valence-electron chi connectivity index (χ3n) is 3.90. The molecule has 6 nitrogen and oxygen atoms in total. The fourth-order valence-corrected chi connectivity index (χ4v) is 2.44. The maximum Gasteiger partial charge on any atom is 0.290 e. The first-order valence-electron chi connectivity index (χ1n) is 8.63. The molecular formula is C21H22N5O+. The number of aromatic nitrogens is 1. The summed E-state index contributed by atoms with van der Waals surface area (Å²) >= 11 is 0. The number of nitrogens with zero attached hydrogens (tertiary/aromatic N) is 4. The molecule has 136 valence electrons. The first kappa shape index (κ1) is 18.3. The summed E-state index contributed by atoms with van der Waals surface area (Å²) in [7, 11) is 3.96. The van der Waals surface area contributed by atoms with Crippen LogP contribution in [-0.4, -0.2) is 20.0 Å². The van der Waals surface area contributed by atoms with Gasteiger partial charge in [0.15, 0.2) is 12.4 Å². The molecule has 0 atom stereocenters. The Morgan fingerprint density at radius 1 is 0.889 bits per heavy atom. The first-order chi connectivity index (χ1) is 13.1. The zero-order valence-corrected chi connectivity index (χ0v) is 15.4. The lowest BCUT2D eigenvalue weighted by atomic mass is 10.3. The summed E-state index contributed by atoms with van der Waals surface area (Å²) in [6.45, 7) is 0.253. The first-order valence-corrected chi connectivity index (χ1v) is 8.63. The van der Waals surface area contributed by atoms with Crippen molar-refractivity contribution in [3.8, 4) is 0 Å². The van der Waals surface area contributed by atoms with E-state index in [1.54, 1.807) is 0 Å². The quantitative estimate of drug-likeness (QED) is 0.531. The molecule has 0 aliphatic heterocycles. The van der Waals surface area contributed by atoms with Crippen LogP contribution < -0.4 is 14.8 Å². The van der Waals surface area contributed by atoms with E-state index in [0.29, 0.717) is 0 Å². The molecular weight excluding hydrogens is 338 g/mol. The molecule has 0 saturated carbocycles. The van der Waals surface area contributed by atoms with Crippen LogP contribution in [-0.2, 0) is 11.3 Å². The van der Waals surface area contributed by atoms with Gasteiger partial charge in [0, 0.05) is 37.6 Å². The number of hydrogen-bond acceptors (Lipinski definition) is 4. The third kappa shape index (κ3) is 5.47. The van der Waals surface area contributed by atoms with Crippen LogP contribution in [0.4, 0.5) is 22.7 Å². The van der Waals surface area contributed by atoms with E-state index in [2.05, 4.69) is 15.5 Å². The van der Waals surface area contributed by atoms with Crippen LogP contribution in [0.1, 0.15) is 0 Å². The molecule has 1 amide bonds. The molecule has 2 aromatic carbocycles. The van der Waals surface area contributed by atoms with E-state index in [-0.39, 0.29) is 12.5 Å². The predicted molar refractivity (Wildman–Crippen MR) is 107 cm³/mol. The highest BCUT2D eigenvalue weighted by atomic mass is 16.1. The molecule has 0 unspecified atom stereocenters. The number of carbonyl (C=O) groups is 1. The van der Waals surface area contributed by atoms with E-state index in [4.69, 9.17) is 0 Å². The lowest BCUT2D eigenvalue weighted by Crippen LogP contribution is -2.39. The van der Waals surface area contributed by atoms with Gasteiger partial charge in [0.25, 0.3) is 5.91 Å². The van der Waals surface area contributed by atoms with E-state index in [9.17, 15) is 4.79 Å². The van der Waals surface area contributed by atoms with E-state index in [1.807, 2.05) is 103 Å². The number of anilines is 2. The van der Waals surface area contributed by atoms with Crippen LogP contribution in [0.2, 0.25) is 0 Å². The number of carbonyl (C=O) groups excluding carboxylic acids is 1. The van der Waals surface area contributed by atoms with Crippen LogP contribution in [0, 0.1) is 0 Å². The number of azo groups is 1. The molecule has 0 aliphatic carbocycles. The van der Waals surface area contributed by atoms with Gasteiger partial charge in [-0.25, -0.2) is 0 Å². The SMILES string of the molecule is CN(C)c1cc[n+](CC(=O)Nc2ccc(N=Nc3ccccc3)cc2)cc1. The summed E-state index contributed by atoms with van der Waals surface area (Å²) in [6, 6.07) is 20.8. The van der Waals surface area contributed by atoms with Crippen molar-refractivity contribution in [3.63, 3.8) is 0 Å². The highest BCUT2D eigenvalue weighted by Crippen LogP contribution is 2.20. The van der Waals surface area contributed by atoms with Crippen LogP contribution in [0.5, 0.6) is 0 Å². The van der Waals surface area contributed by atoms with Crippen molar-refractivity contribution in [1.29, 1.82) is 0 Å². The Morgan fingerprint density at radius 3 is 2.07 bits per heavy atom. The summed E-state index contributed by atoms with van der Waals surface area (Å²) in [5.74, 6) is -0.0868. The number of pyridine rings is 1.